The fourth-order valence-electron chi connectivity index (χ4n) is 4.98. The number of nitrogens with zero attached hydrogens (tertiary/aromatic N) is 5. The van der Waals surface area contributed by atoms with E-state index in [2.05, 4.69) is 40.2 Å². The molecule has 1 saturated carbocycles. The van der Waals surface area contributed by atoms with E-state index in [1.165, 1.54) is 0 Å². The van der Waals surface area contributed by atoms with Crippen molar-refractivity contribution in [3.05, 3.63) is 48.5 Å². The normalized spacial score (nSPS) is 23.0. The third kappa shape index (κ3) is 2.44. The van der Waals surface area contributed by atoms with Crippen molar-refractivity contribution in [2.24, 2.45) is 17.8 Å². The molecule has 1 unspecified atom stereocenters. The summed E-state index contributed by atoms with van der Waals surface area (Å²) in [7, 11) is 1.70. The Morgan fingerprint density at radius 3 is 2.69 bits per heavy atom. The maximum Gasteiger partial charge on any atom is 0.162 e. The van der Waals surface area contributed by atoms with Crippen LogP contribution in [0.25, 0.3) is 27.7 Å². The minimum atomic E-state index is 0.860. The zero-order valence-electron chi connectivity index (χ0n) is 16.8. The van der Waals surface area contributed by atoms with Crippen molar-refractivity contribution in [1.29, 1.82) is 0 Å². The number of fused-ring (bicyclic) bond motifs is 3. The Labute approximate surface area is 169 Å². The molecule has 1 aliphatic carbocycles. The number of hydrogen-bond acceptors (Lipinski definition) is 5. The van der Waals surface area contributed by atoms with E-state index in [0.717, 1.165) is 75.5 Å². The predicted octanol–water partition coefficient (Wildman–Crippen LogP) is 3.96. The Morgan fingerprint density at radius 1 is 1.07 bits per heavy atom. The lowest BCUT2D eigenvalue weighted by molar-refractivity contribution is 0.412. The molecule has 3 atom stereocenters. The molecule has 2 aliphatic rings. The first-order valence-corrected chi connectivity index (χ1v) is 10.2. The van der Waals surface area contributed by atoms with E-state index in [1.807, 2.05) is 36.1 Å². The minimum absolute atomic E-state index is 0.860. The van der Waals surface area contributed by atoms with Gasteiger partial charge in [-0.05, 0) is 54.0 Å². The van der Waals surface area contributed by atoms with E-state index in [-0.39, 0.29) is 0 Å². The molecule has 6 nitrogen and oxygen atoms in total. The molecule has 146 valence electrons. The lowest BCUT2D eigenvalue weighted by Gasteiger charge is -2.20. The lowest BCUT2D eigenvalue weighted by atomic mass is 10.0. The van der Waals surface area contributed by atoms with Crippen LogP contribution in [0.5, 0.6) is 5.75 Å². The SMILES string of the molecule is COc1cc2c(-c3cnn4cc(N5C[C@@H]6C(C)[C@@H]6C5)cnc34)ccnc2cc1C. The molecule has 4 heterocycles. The first-order valence-electron chi connectivity index (χ1n) is 10.2. The number of pyridine rings is 1. The van der Waals surface area contributed by atoms with E-state index in [0.29, 0.717) is 0 Å². The summed E-state index contributed by atoms with van der Waals surface area (Å²) in [4.78, 5) is 11.8. The number of piperidine rings is 1. The maximum atomic E-state index is 5.54. The molecule has 0 spiro atoms. The average molecular weight is 385 g/mol. The molecule has 0 N–H and O–H groups in total. The van der Waals surface area contributed by atoms with Gasteiger partial charge in [-0.2, -0.15) is 5.10 Å². The van der Waals surface area contributed by atoms with Gasteiger partial charge in [0.2, 0.25) is 0 Å². The van der Waals surface area contributed by atoms with E-state index < -0.39 is 0 Å². The molecule has 0 amide bonds. The van der Waals surface area contributed by atoms with Crippen LogP contribution >= 0.6 is 0 Å². The van der Waals surface area contributed by atoms with Crippen LogP contribution in [0.4, 0.5) is 5.69 Å². The molecule has 6 heteroatoms. The molecular formula is C23H23N5O. The van der Waals surface area contributed by atoms with Gasteiger partial charge in [0, 0.05) is 30.2 Å². The molecule has 4 aromatic rings. The van der Waals surface area contributed by atoms with Crippen LogP contribution in [0, 0.1) is 24.7 Å². The van der Waals surface area contributed by atoms with Crippen LogP contribution in [0.15, 0.2) is 43.0 Å². The largest absolute Gasteiger partial charge is 0.496 e. The molecule has 29 heavy (non-hydrogen) atoms. The van der Waals surface area contributed by atoms with Crippen molar-refractivity contribution in [3.63, 3.8) is 0 Å². The first kappa shape index (κ1) is 16.8. The summed E-state index contributed by atoms with van der Waals surface area (Å²) in [6.07, 6.45) is 7.84. The Bertz CT molecular complexity index is 1250. The average Bonchev–Trinajstić information content (AvgIpc) is 3.11. The van der Waals surface area contributed by atoms with Gasteiger partial charge in [0.15, 0.2) is 5.65 Å². The Morgan fingerprint density at radius 2 is 1.90 bits per heavy atom. The predicted molar refractivity (Wildman–Crippen MR) is 113 cm³/mol. The summed E-state index contributed by atoms with van der Waals surface area (Å²) < 4.78 is 7.43. The van der Waals surface area contributed by atoms with E-state index in [4.69, 9.17) is 9.72 Å². The van der Waals surface area contributed by atoms with Crippen molar-refractivity contribution in [2.45, 2.75) is 13.8 Å². The van der Waals surface area contributed by atoms with Crippen molar-refractivity contribution >= 4 is 22.2 Å². The summed E-state index contributed by atoms with van der Waals surface area (Å²) >= 11 is 0. The van der Waals surface area contributed by atoms with Crippen LogP contribution in [0.1, 0.15) is 12.5 Å². The van der Waals surface area contributed by atoms with Crippen molar-refractivity contribution in [2.75, 3.05) is 25.1 Å². The Balaban J connectivity index is 1.44. The maximum absolute atomic E-state index is 5.54. The van der Waals surface area contributed by atoms with Crippen molar-refractivity contribution < 1.29 is 4.74 Å². The second kappa shape index (κ2) is 5.92. The van der Waals surface area contributed by atoms with Gasteiger partial charge < -0.3 is 9.64 Å². The molecule has 3 aromatic heterocycles. The molecule has 1 aliphatic heterocycles. The van der Waals surface area contributed by atoms with Gasteiger partial charge in [0.05, 0.1) is 36.9 Å². The van der Waals surface area contributed by atoms with Gasteiger partial charge in [-0.3, -0.25) is 4.98 Å². The number of hydrogen-bond donors (Lipinski definition) is 0. The van der Waals surface area contributed by atoms with Gasteiger partial charge in [0.1, 0.15) is 5.75 Å². The molecular weight excluding hydrogens is 362 g/mol. The summed E-state index contributed by atoms with van der Waals surface area (Å²) in [5, 5.41) is 5.66. The summed E-state index contributed by atoms with van der Waals surface area (Å²) in [6.45, 7) is 6.68. The first-order chi connectivity index (χ1) is 14.1. The topological polar surface area (TPSA) is 55.6 Å². The third-order valence-corrected chi connectivity index (χ3v) is 6.88. The minimum Gasteiger partial charge on any atom is -0.496 e. The number of rotatable bonds is 3. The molecule has 1 aromatic carbocycles. The van der Waals surface area contributed by atoms with Gasteiger partial charge in [-0.1, -0.05) is 6.92 Å². The summed E-state index contributed by atoms with van der Waals surface area (Å²) in [5.74, 6) is 3.47. The molecule has 0 bridgehead atoms. The third-order valence-electron chi connectivity index (χ3n) is 6.88. The second-order valence-corrected chi connectivity index (χ2v) is 8.43. The number of aromatic nitrogens is 4. The van der Waals surface area contributed by atoms with Gasteiger partial charge in [-0.15, -0.1) is 0 Å². The van der Waals surface area contributed by atoms with Crippen LogP contribution in [0.2, 0.25) is 0 Å². The summed E-state index contributed by atoms with van der Waals surface area (Å²) in [6, 6.07) is 6.15. The van der Waals surface area contributed by atoms with Crippen molar-refractivity contribution in [1.82, 2.24) is 19.6 Å². The quantitative estimate of drug-likeness (QED) is 0.534. The smallest absolute Gasteiger partial charge is 0.162 e. The van der Waals surface area contributed by atoms with Crippen LogP contribution in [0.3, 0.4) is 0 Å². The fraction of sp³-hybridized carbons (Fsp3) is 0.348. The lowest BCUT2D eigenvalue weighted by Crippen LogP contribution is -2.24. The molecule has 2 fully saturated rings. The number of anilines is 1. The van der Waals surface area contributed by atoms with E-state index >= 15 is 0 Å². The van der Waals surface area contributed by atoms with Crippen LogP contribution < -0.4 is 9.64 Å². The van der Waals surface area contributed by atoms with E-state index in [1.54, 1.807) is 7.11 Å². The zero-order valence-corrected chi connectivity index (χ0v) is 16.8. The fourth-order valence-corrected chi connectivity index (χ4v) is 4.98. The number of aryl methyl sites for hydroxylation is 1. The standard InChI is InChI=1S/C23H23N5O/c1-13-6-21-17(7-22(13)29-3)16(4-5-24-21)18-9-26-28-10-15(8-25-23(18)28)27-11-19-14(2)20(19)12-27/h4-10,14,19-20H,11-12H2,1-3H3/t14?,19-,20+. The van der Waals surface area contributed by atoms with Crippen LogP contribution in [-0.4, -0.2) is 39.8 Å². The van der Waals surface area contributed by atoms with Crippen molar-refractivity contribution in [3.8, 4) is 16.9 Å². The zero-order chi connectivity index (χ0) is 19.7. The highest BCUT2D eigenvalue weighted by Gasteiger charge is 2.52. The molecule has 6 rings (SSSR count). The molecule has 0 radical (unpaired) electrons. The molecule has 1 saturated heterocycles. The monoisotopic (exact) mass is 385 g/mol. The van der Waals surface area contributed by atoms with Gasteiger partial charge in [-0.25, -0.2) is 9.50 Å². The number of ether oxygens (including phenoxy) is 1. The second-order valence-electron chi connectivity index (χ2n) is 8.43. The van der Waals surface area contributed by atoms with E-state index in [9.17, 15) is 0 Å². The van der Waals surface area contributed by atoms with Crippen LogP contribution in [-0.2, 0) is 0 Å². The number of methoxy groups -OCH3 is 1. The highest BCUT2D eigenvalue weighted by molar-refractivity contribution is 5.98. The number of benzene rings is 1. The Kier molecular flexibility index (Phi) is 3.43. The highest BCUT2D eigenvalue weighted by Crippen LogP contribution is 2.52. The Hall–Kier alpha value is -3.15. The van der Waals surface area contributed by atoms with Gasteiger partial charge in [0.25, 0.3) is 0 Å². The summed E-state index contributed by atoms with van der Waals surface area (Å²) in [5.41, 5.74) is 6.11. The van der Waals surface area contributed by atoms with Gasteiger partial charge >= 0.3 is 0 Å². The highest BCUT2D eigenvalue weighted by atomic mass is 16.5.